The van der Waals surface area contributed by atoms with Crippen LogP contribution in [0.3, 0.4) is 0 Å². The highest BCUT2D eigenvalue weighted by molar-refractivity contribution is 8.13. The Morgan fingerprint density at radius 1 is 1.45 bits per heavy atom. The molecule has 3 atom stereocenters. The molecule has 1 aliphatic carbocycles. The standard InChI is InChI=1S/C15H19FN2OS/c1-19-11-6-7-15(12-4-2-3-5-13(12)16)10(8-11)9-20-14(17)18-15/h2-5,10-11H,6-9H2,1H3,(H2,17,18)/t10-,11-,15?/m0/s1. The van der Waals surface area contributed by atoms with Gasteiger partial charge in [0.25, 0.3) is 0 Å². The first-order chi connectivity index (χ1) is 9.65. The minimum Gasteiger partial charge on any atom is -0.381 e. The molecule has 1 unspecified atom stereocenters. The van der Waals surface area contributed by atoms with Crippen LogP contribution in [0.1, 0.15) is 24.8 Å². The summed E-state index contributed by atoms with van der Waals surface area (Å²) >= 11 is 1.57. The largest absolute Gasteiger partial charge is 0.381 e. The zero-order chi connectivity index (χ0) is 14.2. The second kappa shape index (κ2) is 5.37. The molecule has 5 heteroatoms. The third kappa shape index (κ3) is 2.23. The Hall–Kier alpha value is -1.07. The molecule has 1 saturated carbocycles. The number of hydrogen-bond acceptors (Lipinski definition) is 4. The molecule has 0 spiro atoms. The molecular formula is C15H19FN2OS. The topological polar surface area (TPSA) is 47.6 Å². The molecule has 1 fully saturated rings. The lowest BCUT2D eigenvalue weighted by Gasteiger charge is -2.46. The van der Waals surface area contributed by atoms with Crippen molar-refractivity contribution in [2.24, 2.45) is 16.6 Å². The predicted molar refractivity (Wildman–Crippen MR) is 80.3 cm³/mol. The highest BCUT2D eigenvalue weighted by atomic mass is 32.2. The number of methoxy groups -OCH3 is 1. The van der Waals surface area contributed by atoms with E-state index in [0.717, 1.165) is 25.0 Å². The molecule has 3 rings (SSSR count). The van der Waals surface area contributed by atoms with Gasteiger partial charge in [-0.2, -0.15) is 0 Å². The van der Waals surface area contributed by atoms with Gasteiger partial charge in [0.15, 0.2) is 5.17 Å². The number of fused-ring (bicyclic) bond motifs is 1. The van der Waals surface area contributed by atoms with Gasteiger partial charge in [0.1, 0.15) is 5.82 Å². The summed E-state index contributed by atoms with van der Waals surface area (Å²) < 4.78 is 19.8. The smallest absolute Gasteiger partial charge is 0.154 e. The van der Waals surface area contributed by atoms with Crippen LogP contribution in [0, 0.1) is 11.7 Å². The number of nitrogens with zero attached hydrogens (tertiary/aromatic N) is 1. The van der Waals surface area contributed by atoms with Crippen LogP contribution in [0.4, 0.5) is 4.39 Å². The number of aliphatic imine (C=N–C) groups is 1. The van der Waals surface area contributed by atoms with Crippen LogP contribution >= 0.6 is 11.8 Å². The summed E-state index contributed by atoms with van der Waals surface area (Å²) in [5.41, 5.74) is 6.12. The lowest BCUT2D eigenvalue weighted by atomic mass is 9.68. The molecule has 3 nitrogen and oxygen atoms in total. The average Bonchev–Trinajstić information content (AvgIpc) is 2.47. The first kappa shape index (κ1) is 13.9. The van der Waals surface area contributed by atoms with Crippen LogP contribution in [0.2, 0.25) is 0 Å². The summed E-state index contributed by atoms with van der Waals surface area (Å²) in [5.74, 6) is 0.969. The molecule has 20 heavy (non-hydrogen) atoms. The van der Waals surface area contributed by atoms with Crippen LogP contribution in [-0.4, -0.2) is 24.1 Å². The number of ether oxygens (including phenoxy) is 1. The number of halogens is 1. The van der Waals surface area contributed by atoms with Crippen molar-refractivity contribution in [3.05, 3.63) is 35.6 Å². The van der Waals surface area contributed by atoms with Crippen LogP contribution in [0.25, 0.3) is 0 Å². The van der Waals surface area contributed by atoms with Crippen LogP contribution in [0.15, 0.2) is 29.3 Å². The van der Waals surface area contributed by atoms with Crippen molar-refractivity contribution in [2.45, 2.75) is 30.9 Å². The zero-order valence-corrected chi connectivity index (χ0v) is 12.3. The Balaban J connectivity index is 2.06. The molecular weight excluding hydrogens is 275 g/mol. The predicted octanol–water partition coefficient (Wildman–Crippen LogP) is 2.90. The van der Waals surface area contributed by atoms with Gasteiger partial charge in [0.05, 0.1) is 11.6 Å². The Morgan fingerprint density at radius 3 is 3.00 bits per heavy atom. The summed E-state index contributed by atoms with van der Waals surface area (Å²) in [5, 5.41) is 0.570. The fraction of sp³-hybridized carbons (Fsp3) is 0.533. The van der Waals surface area contributed by atoms with E-state index in [9.17, 15) is 4.39 Å². The minimum atomic E-state index is -0.504. The van der Waals surface area contributed by atoms with E-state index in [2.05, 4.69) is 0 Å². The maximum atomic E-state index is 14.3. The number of hydrogen-bond donors (Lipinski definition) is 1. The first-order valence-electron chi connectivity index (χ1n) is 6.91. The molecule has 1 aliphatic heterocycles. The highest BCUT2D eigenvalue weighted by Crippen LogP contribution is 2.50. The molecule has 0 radical (unpaired) electrons. The van der Waals surface area contributed by atoms with Gasteiger partial charge in [-0.25, -0.2) is 4.39 Å². The third-order valence-electron chi connectivity index (χ3n) is 4.49. The Morgan fingerprint density at radius 2 is 2.25 bits per heavy atom. The molecule has 1 aromatic carbocycles. The van der Waals surface area contributed by atoms with Crippen LogP contribution in [0.5, 0.6) is 0 Å². The maximum absolute atomic E-state index is 14.3. The van der Waals surface area contributed by atoms with Crippen molar-refractivity contribution in [1.29, 1.82) is 0 Å². The molecule has 0 saturated heterocycles. The van der Waals surface area contributed by atoms with Crippen molar-refractivity contribution in [3.63, 3.8) is 0 Å². The monoisotopic (exact) mass is 294 g/mol. The third-order valence-corrected chi connectivity index (χ3v) is 5.44. The van der Waals surface area contributed by atoms with E-state index in [4.69, 9.17) is 15.5 Å². The Kier molecular flexibility index (Phi) is 3.73. The summed E-state index contributed by atoms with van der Waals surface area (Å²) in [6.45, 7) is 0. The number of rotatable bonds is 2. The first-order valence-corrected chi connectivity index (χ1v) is 7.90. The average molecular weight is 294 g/mol. The molecule has 2 N–H and O–H groups in total. The summed E-state index contributed by atoms with van der Waals surface area (Å²) in [6.07, 6.45) is 2.84. The molecule has 1 heterocycles. The number of amidine groups is 1. The van der Waals surface area contributed by atoms with E-state index in [0.29, 0.717) is 10.7 Å². The van der Waals surface area contributed by atoms with E-state index in [1.54, 1.807) is 24.9 Å². The number of thioether (sulfide) groups is 1. The van der Waals surface area contributed by atoms with Crippen molar-refractivity contribution in [2.75, 3.05) is 12.9 Å². The SMILES string of the molecule is CO[C@H]1CCC2(c3ccccc3F)N=C(N)SC[C@@H]2C1. The Bertz CT molecular complexity index is 536. The van der Waals surface area contributed by atoms with Crippen molar-refractivity contribution < 1.29 is 9.13 Å². The van der Waals surface area contributed by atoms with E-state index in [1.807, 2.05) is 12.1 Å². The van der Waals surface area contributed by atoms with Gasteiger partial charge >= 0.3 is 0 Å². The van der Waals surface area contributed by atoms with Crippen molar-refractivity contribution in [1.82, 2.24) is 0 Å². The van der Waals surface area contributed by atoms with Gasteiger partial charge in [-0.3, -0.25) is 4.99 Å². The molecule has 2 aliphatic rings. The minimum absolute atomic E-state index is 0.184. The van der Waals surface area contributed by atoms with Crippen LogP contribution in [-0.2, 0) is 10.3 Å². The van der Waals surface area contributed by atoms with E-state index in [1.165, 1.54) is 6.07 Å². The summed E-state index contributed by atoms with van der Waals surface area (Å²) in [4.78, 5) is 4.70. The summed E-state index contributed by atoms with van der Waals surface area (Å²) in [6, 6.07) is 6.95. The number of benzene rings is 1. The summed E-state index contributed by atoms with van der Waals surface area (Å²) in [7, 11) is 1.74. The Labute approximate surface area is 122 Å². The van der Waals surface area contributed by atoms with E-state index < -0.39 is 5.54 Å². The molecule has 108 valence electrons. The van der Waals surface area contributed by atoms with Crippen molar-refractivity contribution in [3.8, 4) is 0 Å². The normalized spacial score (nSPS) is 33.4. The molecule has 0 amide bonds. The molecule has 0 bridgehead atoms. The van der Waals surface area contributed by atoms with Gasteiger partial charge in [-0.15, -0.1) is 0 Å². The van der Waals surface area contributed by atoms with E-state index >= 15 is 0 Å². The highest BCUT2D eigenvalue weighted by Gasteiger charge is 2.48. The fourth-order valence-corrected chi connectivity index (χ4v) is 4.44. The second-order valence-electron chi connectivity index (χ2n) is 5.49. The molecule has 0 aromatic heterocycles. The lowest BCUT2D eigenvalue weighted by molar-refractivity contribution is 0.0229. The van der Waals surface area contributed by atoms with Gasteiger partial charge in [-0.1, -0.05) is 30.0 Å². The van der Waals surface area contributed by atoms with Gasteiger partial charge < -0.3 is 10.5 Å². The fourth-order valence-electron chi connectivity index (χ4n) is 3.42. The quantitative estimate of drug-likeness (QED) is 0.912. The van der Waals surface area contributed by atoms with Gasteiger partial charge in [0.2, 0.25) is 0 Å². The maximum Gasteiger partial charge on any atom is 0.154 e. The lowest BCUT2D eigenvalue weighted by Crippen LogP contribution is -2.46. The zero-order valence-electron chi connectivity index (χ0n) is 11.5. The van der Waals surface area contributed by atoms with Crippen molar-refractivity contribution >= 4 is 16.9 Å². The van der Waals surface area contributed by atoms with Gasteiger partial charge in [0, 0.05) is 24.3 Å². The van der Waals surface area contributed by atoms with E-state index in [-0.39, 0.29) is 17.8 Å². The van der Waals surface area contributed by atoms with Crippen LogP contribution < -0.4 is 5.73 Å². The molecule has 1 aromatic rings. The van der Waals surface area contributed by atoms with Gasteiger partial charge in [-0.05, 0) is 25.3 Å². The number of nitrogens with two attached hydrogens (primary N) is 1. The second-order valence-corrected chi connectivity index (χ2v) is 6.53.